The van der Waals surface area contributed by atoms with Crippen molar-refractivity contribution < 1.29 is 27.4 Å². The molecule has 19 heavy (non-hydrogen) atoms. The lowest BCUT2D eigenvalue weighted by Crippen LogP contribution is -2.23. The van der Waals surface area contributed by atoms with Crippen LogP contribution in [0.4, 0.5) is 14.5 Å². The molecular formula is C10H12BrF2NO4S. The molecular weight excluding hydrogens is 348 g/mol. The van der Waals surface area contributed by atoms with Crippen LogP contribution < -0.4 is 5.32 Å². The zero-order valence-corrected chi connectivity index (χ0v) is 12.0. The Balaban J connectivity index is 2.92. The lowest BCUT2D eigenvalue weighted by atomic mass is 10.3. The van der Waals surface area contributed by atoms with Crippen LogP contribution in [0.1, 0.15) is 0 Å². The van der Waals surface area contributed by atoms with Gasteiger partial charge in [0.2, 0.25) is 9.84 Å². The summed E-state index contributed by atoms with van der Waals surface area (Å²) >= 11 is 3.04. The summed E-state index contributed by atoms with van der Waals surface area (Å²) in [6.07, 6.45) is -0.976. The zero-order chi connectivity index (χ0) is 14.6. The number of sulfone groups is 1. The van der Waals surface area contributed by atoms with Gasteiger partial charge in [0, 0.05) is 16.7 Å². The van der Waals surface area contributed by atoms with E-state index >= 15 is 0 Å². The largest absolute Gasteiger partial charge is 0.394 e. The highest BCUT2D eigenvalue weighted by atomic mass is 79.9. The number of halogens is 3. The number of alkyl halides is 2. The monoisotopic (exact) mass is 359 g/mol. The van der Waals surface area contributed by atoms with Gasteiger partial charge in [-0.1, -0.05) is 0 Å². The average Bonchev–Trinajstić information content (AvgIpc) is 2.36. The molecule has 0 aromatic heterocycles. The van der Waals surface area contributed by atoms with Gasteiger partial charge < -0.3 is 15.5 Å². The molecule has 0 heterocycles. The molecule has 0 aliphatic rings. The molecule has 9 heteroatoms. The first-order valence-corrected chi connectivity index (χ1v) is 7.47. The molecule has 0 bridgehead atoms. The van der Waals surface area contributed by atoms with Crippen LogP contribution >= 0.6 is 15.9 Å². The Morgan fingerprint density at radius 1 is 1.37 bits per heavy atom. The lowest BCUT2D eigenvalue weighted by molar-refractivity contribution is 0.105. The van der Waals surface area contributed by atoms with Crippen molar-refractivity contribution in [3.8, 4) is 0 Å². The molecule has 0 saturated heterocycles. The Morgan fingerprint density at radius 3 is 2.47 bits per heavy atom. The van der Waals surface area contributed by atoms with E-state index in [-0.39, 0.29) is 11.0 Å². The summed E-state index contributed by atoms with van der Waals surface area (Å²) in [6, 6.07) is 3.39. The minimum Gasteiger partial charge on any atom is -0.394 e. The second kappa shape index (κ2) is 6.60. The zero-order valence-electron chi connectivity index (χ0n) is 9.55. The number of aliphatic hydroxyl groups is 2. The highest BCUT2D eigenvalue weighted by Gasteiger charge is 2.26. The van der Waals surface area contributed by atoms with E-state index in [1.807, 2.05) is 0 Å². The summed E-state index contributed by atoms with van der Waals surface area (Å²) in [6.45, 7) is -0.390. The Labute approximate surface area is 117 Å². The third kappa shape index (κ3) is 4.10. The SMILES string of the molecule is O=S(=O)(c1ccc(NCC(O)CO)c(Br)c1)C(F)F. The maximum atomic E-state index is 12.4. The summed E-state index contributed by atoms with van der Waals surface area (Å²) < 4.78 is 47.5. The van der Waals surface area contributed by atoms with Crippen molar-refractivity contribution in [1.29, 1.82) is 0 Å². The van der Waals surface area contributed by atoms with Crippen LogP contribution in [-0.4, -0.2) is 43.6 Å². The summed E-state index contributed by atoms with van der Waals surface area (Å²) in [5.74, 6) is -3.48. The van der Waals surface area contributed by atoms with Crippen molar-refractivity contribution in [2.45, 2.75) is 16.8 Å². The number of aliphatic hydroxyl groups excluding tert-OH is 2. The predicted molar refractivity (Wildman–Crippen MR) is 68.9 cm³/mol. The van der Waals surface area contributed by atoms with Gasteiger partial charge in [0.1, 0.15) is 0 Å². The number of rotatable bonds is 6. The average molecular weight is 360 g/mol. The van der Waals surface area contributed by atoms with Gasteiger partial charge in [0.15, 0.2) is 0 Å². The van der Waals surface area contributed by atoms with Crippen LogP contribution in [0.2, 0.25) is 0 Å². The number of hydrogen-bond acceptors (Lipinski definition) is 5. The van der Waals surface area contributed by atoms with Crippen molar-refractivity contribution in [2.75, 3.05) is 18.5 Å². The normalized spacial score (nSPS) is 13.6. The van der Waals surface area contributed by atoms with E-state index in [0.29, 0.717) is 5.69 Å². The van der Waals surface area contributed by atoms with Crippen LogP contribution in [-0.2, 0) is 9.84 Å². The molecule has 3 N–H and O–H groups in total. The first-order valence-electron chi connectivity index (χ1n) is 5.13. The number of benzene rings is 1. The Morgan fingerprint density at radius 2 is 2.00 bits per heavy atom. The van der Waals surface area contributed by atoms with Crippen molar-refractivity contribution in [2.24, 2.45) is 0 Å². The lowest BCUT2D eigenvalue weighted by Gasteiger charge is -2.12. The molecule has 0 saturated carbocycles. The van der Waals surface area contributed by atoms with Crippen molar-refractivity contribution in [1.82, 2.24) is 0 Å². The molecule has 0 aliphatic heterocycles. The minimum absolute atomic E-state index is 0.0377. The second-order valence-corrected chi connectivity index (χ2v) is 6.44. The molecule has 0 radical (unpaired) electrons. The fourth-order valence-electron chi connectivity index (χ4n) is 1.21. The van der Waals surface area contributed by atoms with E-state index in [1.165, 1.54) is 6.07 Å². The van der Waals surface area contributed by atoms with Crippen molar-refractivity contribution in [3.63, 3.8) is 0 Å². The highest BCUT2D eigenvalue weighted by Crippen LogP contribution is 2.28. The van der Waals surface area contributed by atoms with Gasteiger partial charge in [0.25, 0.3) is 0 Å². The summed E-state index contributed by atoms with van der Waals surface area (Å²) in [5, 5.41) is 20.5. The van der Waals surface area contributed by atoms with Crippen LogP contribution in [0, 0.1) is 0 Å². The topological polar surface area (TPSA) is 86.6 Å². The Bertz CT molecular complexity index is 538. The van der Waals surface area contributed by atoms with Crippen LogP contribution in [0.25, 0.3) is 0 Å². The second-order valence-electron chi connectivity index (χ2n) is 3.66. The van der Waals surface area contributed by atoms with Gasteiger partial charge in [-0.3, -0.25) is 0 Å². The summed E-state index contributed by atoms with van der Waals surface area (Å²) in [5.41, 5.74) is 0.417. The first-order chi connectivity index (χ1) is 8.78. The maximum Gasteiger partial charge on any atom is 0.341 e. The maximum absolute atomic E-state index is 12.4. The van der Waals surface area contributed by atoms with Crippen LogP contribution in [0.5, 0.6) is 0 Å². The molecule has 0 amide bonds. The van der Waals surface area contributed by atoms with Crippen molar-refractivity contribution in [3.05, 3.63) is 22.7 Å². The molecule has 1 rings (SSSR count). The number of nitrogens with one attached hydrogen (secondary N) is 1. The van der Waals surface area contributed by atoms with Gasteiger partial charge in [-0.2, -0.15) is 8.78 Å². The van der Waals surface area contributed by atoms with Gasteiger partial charge >= 0.3 is 5.76 Å². The van der Waals surface area contributed by atoms with Gasteiger partial charge in [-0.05, 0) is 34.1 Å². The molecule has 0 fully saturated rings. The van der Waals surface area contributed by atoms with Gasteiger partial charge in [-0.15, -0.1) is 0 Å². The van der Waals surface area contributed by atoms with E-state index in [1.54, 1.807) is 0 Å². The third-order valence-electron chi connectivity index (χ3n) is 2.24. The molecule has 1 aromatic rings. The predicted octanol–water partition coefficient (Wildman–Crippen LogP) is 1.21. The van der Waals surface area contributed by atoms with Gasteiger partial charge in [0.05, 0.1) is 17.6 Å². The minimum atomic E-state index is -4.63. The Kier molecular flexibility index (Phi) is 5.65. The summed E-state index contributed by atoms with van der Waals surface area (Å²) in [4.78, 5) is -0.498. The molecule has 1 unspecified atom stereocenters. The van der Waals surface area contributed by atoms with Crippen molar-refractivity contribution >= 4 is 31.5 Å². The van der Waals surface area contributed by atoms with Crippen LogP contribution in [0.3, 0.4) is 0 Å². The van der Waals surface area contributed by atoms with E-state index in [0.717, 1.165) is 12.1 Å². The van der Waals surface area contributed by atoms with E-state index in [9.17, 15) is 17.2 Å². The standard InChI is InChI=1S/C10H12BrF2NO4S/c11-8-3-7(19(17,18)10(12)13)1-2-9(8)14-4-6(16)5-15/h1-3,6,10,14-16H,4-5H2. The molecule has 108 valence electrons. The van der Waals surface area contributed by atoms with E-state index in [2.05, 4.69) is 21.2 Å². The number of anilines is 1. The molecule has 1 aromatic carbocycles. The fourth-order valence-corrected chi connectivity index (χ4v) is 2.63. The van der Waals surface area contributed by atoms with Crippen LogP contribution in [0.15, 0.2) is 27.6 Å². The first kappa shape index (κ1) is 16.3. The third-order valence-corrected chi connectivity index (χ3v) is 4.28. The quantitative estimate of drug-likeness (QED) is 0.710. The highest BCUT2D eigenvalue weighted by molar-refractivity contribution is 9.10. The smallest absolute Gasteiger partial charge is 0.341 e. The number of hydrogen-bond donors (Lipinski definition) is 3. The van der Waals surface area contributed by atoms with Gasteiger partial charge in [-0.25, -0.2) is 8.42 Å². The molecule has 1 atom stereocenters. The summed E-state index contributed by atoms with van der Waals surface area (Å²) in [7, 11) is -4.63. The molecule has 0 aliphatic carbocycles. The van der Waals surface area contributed by atoms with E-state index in [4.69, 9.17) is 10.2 Å². The Hall–Kier alpha value is -0.770. The molecule has 0 spiro atoms. The van der Waals surface area contributed by atoms with E-state index < -0.39 is 33.2 Å². The molecule has 5 nitrogen and oxygen atoms in total. The fraction of sp³-hybridized carbons (Fsp3) is 0.400.